The van der Waals surface area contributed by atoms with Gasteiger partial charge < -0.3 is 19.9 Å². The highest BCUT2D eigenvalue weighted by Gasteiger charge is 1.96. The van der Waals surface area contributed by atoms with Crippen molar-refractivity contribution < 1.29 is 4.74 Å². The van der Waals surface area contributed by atoms with E-state index in [2.05, 4.69) is 20.2 Å². The Morgan fingerprint density at radius 3 is 2.59 bits per heavy atom. The molecule has 1 aromatic heterocycles. The molecule has 0 aliphatic rings. The van der Waals surface area contributed by atoms with Crippen LogP contribution in [0.4, 0.5) is 0 Å². The largest absolute Gasteiger partial charge is 0.380 e. The molecule has 2 N–H and O–H groups in total. The van der Waals surface area contributed by atoms with Gasteiger partial charge in [0.25, 0.3) is 0 Å². The maximum atomic E-state index is 5.24. The van der Waals surface area contributed by atoms with Crippen molar-refractivity contribution in [1.29, 1.82) is 0 Å². The minimum atomic E-state index is 0.703. The third-order valence-corrected chi connectivity index (χ3v) is 2.30. The van der Waals surface area contributed by atoms with Crippen LogP contribution in [0, 0.1) is 0 Å². The normalized spacial score (nSPS) is 11.5. The van der Waals surface area contributed by atoms with Crippen molar-refractivity contribution >= 4 is 5.96 Å². The van der Waals surface area contributed by atoms with Crippen molar-refractivity contribution in [2.75, 3.05) is 33.4 Å². The van der Waals surface area contributed by atoms with Crippen molar-refractivity contribution in [1.82, 2.24) is 15.2 Å². The minimum Gasteiger partial charge on any atom is -0.380 e. The van der Waals surface area contributed by atoms with Crippen LogP contribution in [0.3, 0.4) is 0 Å². The Balaban J connectivity index is 2.10. The zero-order valence-corrected chi connectivity index (χ0v) is 10.6. The number of hydrogen-bond donors (Lipinski definition) is 2. The molecular weight excluding hydrogens is 216 g/mol. The number of aliphatic imine (C=N–C) groups is 1. The van der Waals surface area contributed by atoms with Gasteiger partial charge in [0.1, 0.15) is 0 Å². The summed E-state index contributed by atoms with van der Waals surface area (Å²) >= 11 is 0. The van der Waals surface area contributed by atoms with Crippen LogP contribution >= 0.6 is 0 Å². The van der Waals surface area contributed by atoms with Crippen LogP contribution in [0.5, 0.6) is 0 Å². The minimum absolute atomic E-state index is 0.703. The molecule has 1 rings (SSSR count). The Labute approximate surface area is 103 Å². The lowest BCUT2D eigenvalue weighted by molar-refractivity contribution is 0.152. The van der Waals surface area contributed by atoms with Gasteiger partial charge in [0.2, 0.25) is 0 Å². The Morgan fingerprint density at radius 1 is 1.24 bits per heavy atom. The van der Waals surface area contributed by atoms with E-state index >= 15 is 0 Å². The molecule has 0 spiro atoms. The van der Waals surface area contributed by atoms with E-state index in [9.17, 15) is 0 Å². The van der Waals surface area contributed by atoms with Crippen LogP contribution in [-0.4, -0.2) is 43.9 Å². The van der Waals surface area contributed by atoms with Crippen LogP contribution in [0.1, 0.15) is 6.92 Å². The fourth-order valence-electron chi connectivity index (χ4n) is 1.43. The van der Waals surface area contributed by atoms with E-state index in [0.717, 1.165) is 32.2 Å². The maximum Gasteiger partial charge on any atom is 0.191 e. The molecule has 0 bridgehead atoms. The monoisotopic (exact) mass is 238 g/mol. The molecule has 0 aliphatic carbocycles. The molecule has 96 valence electrons. The van der Waals surface area contributed by atoms with Crippen molar-refractivity contribution in [2.45, 2.75) is 13.5 Å². The van der Waals surface area contributed by atoms with Crippen LogP contribution < -0.4 is 10.6 Å². The van der Waals surface area contributed by atoms with E-state index in [1.807, 2.05) is 31.5 Å². The second-order valence-electron chi connectivity index (χ2n) is 3.54. The third-order valence-electron chi connectivity index (χ3n) is 2.30. The first-order valence-electron chi connectivity index (χ1n) is 6.00. The Kier molecular flexibility index (Phi) is 6.90. The summed E-state index contributed by atoms with van der Waals surface area (Å²) in [5.41, 5.74) is 0. The molecular formula is C12H22N4O. The SMILES string of the molecule is CCOCCNC(=NC)NCCn1cccc1. The Morgan fingerprint density at radius 2 is 1.94 bits per heavy atom. The van der Waals surface area contributed by atoms with E-state index in [0.29, 0.717) is 6.61 Å². The van der Waals surface area contributed by atoms with E-state index < -0.39 is 0 Å². The topological polar surface area (TPSA) is 50.6 Å². The summed E-state index contributed by atoms with van der Waals surface area (Å²) in [4.78, 5) is 4.13. The molecule has 0 radical (unpaired) electrons. The van der Waals surface area contributed by atoms with E-state index in [-0.39, 0.29) is 0 Å². The first kappa shape index (κ1) is 13.6. The summed E-state index contributed by atoms with van der Waals surface area (Å²) in [5.74, 6) is 0.817. The zero-order valence-electron chi connectivity index (χ0n) is 10.6. The molecule has 0 atom stereocenters. The average molecular weight is 238 g/mol. The molecule has 0 unspecified atom stereocenters. The summed E-state index contributed by atoms with van der Waals surface area (Å²) < 4.78 is 7.37. The summed E-state index contributed by atoms with van der Waals surface area (Å²) in [6.07, 6.45) is 4.10. The molecule has 0 saturated heterocycles. The Bertz CT molecular complexity index is 308. The number of nitrogens with zero attached hydrogens (tertiary/aromatic N) is 2. The van der Waals surface area contributed by atoms with Gasteiger partial charge in [-0.05, 0) is 19.1 Å². The van der Waals surface area contributed by atoms with Crippen LogP contribution in [0.15, 0.2) is 29.5 Å². The maximum absolute atomic E-state index is 5.24. The summed E-state index contributed by atoms with van der Waals surface area (Å²) in [5, 5.41) is 6.44. The lowest BCUT2D eigenvalue weighted by atomic mass is 10.6. The van der Waals surface area contributed by atoms with Gasteiger partial charge in [-0.1, -0.05) is 0 Å². The fourth-order valence-corrected chi connectivity index (χ4v) is 1.43. The van der Waals surface area contributed by atoms with Crippen LogP contribution in [-0.2, 0) is 11.3 Å². The number of rotatable bonds is 7. The molecule has 5 heteroatoms. The zero-order chi connectivity index (χ0) is 12.3. The van der Waals surface area contributed by atoms with E-state index in [4.69, 9.17) is 4.74 Å². The molecule has 1 aromatic rings. The smallest absolute Gasteiger partial charge is 0.191 e. The van der Waals surface area contributed by atoms with Gasteiger partial charge in [-0.15, -0.1) is 0 Å². The number of ether oxygens (including phenoxy) is 1. The molecule has 0 saturated carbocycles. The van der Waals surface area contributed by atoms with Gasteiger partial charge in [-0.25, -0.2) is 0 Å². The first-order chi connectivity index (χ1) is 8.36. The first-order valence-corrected chi connectivity index (χ1v) is 6.00. The predicted molar refractivity (Wildman–Crippen MR) is 70.3 cm³/mol. The van der Waals surface area contributed by atoms with Crippen molar-refractivity contribution in [3.63, 3.8) is 0 Å². The van der Waals surface area contributed by atoms with Crippen LogP contribution in [0.25, 0.3) is 0 Å². The number of guanidine groups is 1. The molecule has 0 fully saturated rings. The molecule has 17 heavy (non-hydrogen) atoms. The fraction of sp³-hybridized carbons (Fsp3) is 0.583. The molecule has 0 aliphatic heterocycles. The molecule has 0 amide bonds. The highest BCUT2D eigenvalue weighted by atomic mass is 16.5. The van der Waals surface area contributed by atoms with Crippen molar-refractivity contribution in [3.05, 3.63) is 24.5 Å². The summed E-state index contributed by atoms with van der Waals surface area (Å²) in [6, 6.07) is 4.05. The number of nitrogens with one attached hydrogen (secondary N) is 2. The predicted octanol–water partition coefficient (Wildman–Crippen LogP) is 0.690. The van der Waals surface area contributed by atoms with Gasteiger partial charge >= 0.3 is 0 Å². The summed E-state index contributed by atoms with van der Waals surface area (Å²) in [7, 11) is 1.77. The van der Waals surface area contributed by atoms with E-state index in [1.165, 1.54) is 0 Å². The lowest BCUT2D eigenvalue weighted by Crippen LogP contribution is -2.40. The third kappa shape index (κ3) is 5.97. The van der Waals surface area contributed by atoms with Gasteiger partial charge in [0.05, 0.1) is 6.61 Å². The van der Waals surface area contributed by atoms with Crippen LogP contribution in [0.2, 0.25) is 0 Å². The van der Waals surface area contributed by atoms with Gasteiger partial charge in [-0.2, -0.15) is 0 Å². The number of hydrogen-bond acceptors (Lipinski definition) is 2. The number of aromatic nitrogens is 1. The summed E-state index contributed by atoms with van der Waals surface area (Å²) in [6.45, 7) is 6.00. The molecule has 0 aromatic carbocycles. The highest BCUT2D eigenvalue weighted by Crippen LogP contribution is 1.87. The quantitative estimate of drug-likeness (QED) is 0.417. The van der Waals surface area contributed by atoms with Crippen molar-refractivity contribution in [2.24, 2.45) is 4.99 Å². The van der Waals surface area contributed by atoms with Gasteiger partial charge in [0.15, 0.2) is 5.96 Å². The Hall–Kier alpha value is -1.49. The standard InChI is InChI=1S/C12H22N4O/c1-3-17-11-7-15-12(13-2)14-6-10-16-8-4-5-9-16/h4-5,8-9H,3,6-7,10-11H2,1-2H3,(H2,13,14,15). The second kappa shape index (κ2) is 8.64. The molecule has 5 nitrogen and oxygen atoms in total. The lowest BCUT2D eigenvalue weighted by Gasteiger charge is -2.12. The van der Waals surface area contributed by atoms with Crippen molar-refractivity contribution in [3.8, 4) is 0 Å². The van der Waals surface area contributed by atoms with Gasteiger partial charge in [0, 0.05) is 45.7 Å². The average Bonchev–Trinajstić information content (AvgIpc) is 2.85. The van der Waals surface area contributed by atoms with Gasteiger partial charge in [-0.3, -0.25) is 4.99 Å². The van der Waals surface area contributed by atoms with E-state index in [1.54, 1.807) is 7.05 Å². The molecule has 1 heterocycles. The second-order valence-corrected chi connectivity index (χ2v) is 3.54. The highest BCUT2D eigenvalue weighted by molar-refractivity contribution is 5.79.